The van der Waals surface area contributed by atoms with E-state index >= 15 is 0 Å². The standard InChI is InChI=1S/C18H17Cl2FN2O3/c1-11(24)22-13-5-6-15(21)16(10-13)23-18(25)3-2-8-26-17-7-4-12(19)9-14(17)20/h4-7,9-10H,2-3,8H2,1H3,(H,22,24)(H,23,25). The first-order valence-corrected chi connectivity index (χ1v) is 8.55. The molecule has 5 nitrogen and oxygen atoms in total. The molecule has 2 aromatic rings. The molecule has 0 spiro atoms. The van der Waals surface area contributed by atoms with Crippen molar-refractivity contribution in [1.82, 2.24) is 0 Å². The summed E-state index contributed by atoms with van der Waals surface area (Å²) in [5.41, 5.74) is 0.401. The Labute approximate surface area is 160 Å². The maximum Gasteiger partial charge on any atom is 0.224 e. The molecule has 138 valence electrons. The fraction of sp³-hybridized carbons (Fsp3) is 0.222. The van der Waals surface area contributed by atoms with Crippen LogP contribution in [0.5, 0.6) is 5.75 Å². The largest absolute Gasteiger partial charge is 0.492 e. The number of carbonyl (C=O) groups is 2. The smallest absolute Gasteiger partial charge is 0.224 e. The number of rotatable bonds is 7. The molecule has 0 saturated heterocycles. The first-order valence-electron chi connectivity index (χ1n) is 7.80. The van der Waals surface area contributed by atoms with E-state index in [1.165, 1.54) is 25.1 Å². The molecule has 26 heavy (non-hydrogen) atoms. The molecular weight excluding hydrogens is 382 g/mol. The van der Waals surface area contributed by atoms with Crippen LogP contribution < -0.4 is 15.4 Å². The predicted octanol–water partition coefficient (Wildman–Crippen LogP) is 4.89. The van der Waals surface area contributed by atoms with E-state index in [2.05, 4.69) is 10.6 Å². The summed E-state index contributed by atoms with van der Waals surface area (Å²) in [5, 5.41) is 5.90. The minimum absolute atomic E-state index is 0.00270. The van der Waals surface area contributed by atoms with E-state index in [9.17, 15) is 14.0 Å². The van der Waals surface area contributed by atoms with Crippen molar-refractivity contribution < 1.29 is 18.7 Å². The van der Waals surface area contributed by atoms with Crippen molar-refractivity contribution in [3.05, 3.63) is 52.3 Å². The van der Waals surface area contributed by atoms with Crippen LogP contribution in [-0.4, -0.2) is 18.4 Å². The second-order valence-electron chi connectivity index (χ2n) is 5.45. The summed E-state index contributed by atoms with van der Waals surface area (Å²) in [6.07, 6.45) is 0.548. The Kier molecular flexibility index (Phi) is 7.24. The highest BCUT2D eigenvalue weighted by molar-refractivity contribution is 6.35. The van der Waals surface area contributed by atoms with Gasteiger partial charge in [-0.15, -0.1) is 0 Å². The topological polar surface area (TPSA) is 67.4 Å². The summed E-state index contributed by atoms with van der Waals surface area (Å²) in [6, 6.07) is 8.81. The van der Waals surface area contributed by atoms with Crippen molar-refractivity contribution in [3.63, 3.8) is 0 Å². The summed E-state index contributed by atoms with van der Waals surface area (Å²) in [7, 11) is 0. The number of hydrogen-bond acceptors (Lipinski definition) is 3. The number of halogens is 3. The van der Waals surface area contributed by atoms with Crippen LogP contribution in [-0.2, 0) is 9.59 Å². The number of anilines is 2. The molecule has 2 N–H and O–H groups in total. The van der Waals surface area contributed by atoms with Gasteiger partial charge in [0.15, 0.2) is 0 Å². The molecule has 2 aromatic carbocycles. The Morgan fingerprint density at radius 2 is 1.88 bits per heavy atom. The van der Waals surface area contributed by atoms with Gasteiger partial charge in [0.05, 0.1) is 17.3 Å². The van der Waals surface area contributed by atoms with E-state index in [-0.39, 0.29) is 30.5 Å². The van der Waals surface area contributed by atoms with E-state index in [4.69, 9.17) is 27.9 Å². The first-order chi connectivity index (χ1) is 12.3. The molecular formula is C18H17Cl2FN2O3. The molecule has 2 rings (SSSR count). The van der Waals surface area contributed by atoms with Gasteiger partial charge in [-0.2, -0.15) is 0 Å². The predicted molar refractivity (Wildman–Crippen MR) is 101 cm³/mol. The maximum atomic E-state index is 13.8. The van der Waals surface area contributed by atoms with Crippen molar-refractivity contribution in [3.8, 4) is 5.75 Å². The second-order valence-corrected chi connectivity index (χ2v) is 6.29. The molecule has 2 amide bonds. The summed E-state index contributed by atoms with van der Waals surface area (Å²) in [5.74, 6) is -0.760. The Balaban J connectivity index is 1.82. The zero-order chi connectivity index (χ0) is 19.1. The first kappa shape index (κ1) is 20.0. The van der Waals surface area contributed by atoms with Crippen LogP contribution in [0.3, 0.4) is 0 Å². The lowest BCUT2D eigenvalue weighted by Gasteiger charge is -2.10. The Bertz CT molecular complexity index is 815. The highest BCUT2D eigenvalue weighted by Gasteiger charge is 2.09. The van der Waals surface area contributed by atoms with Gasteiger partial charge in [0.25, 0.3) is 0 Å². The number of ether oxygens (including phenoxy) is 1. The molecule has 0 aliphatic carbocycles. The van der Waals surface area contributed by atoms with Crippen molar-refractivity contribution in [1.29, 1.82) is 0 Å². The van der Waals surface area contributed by atoms with Crippen LogP contribution in [0.2, 0.25) is 10.0 Å². The van der Waals surface area contributed by atoms with Crippen LogP contribution in [0.4, 0.5) is 15.8 Å². The number of benzene rings is 2. The number of nitrogens with one attached hydrogen (secondary N) is 2. The summed E-state index contributed by atoms with van der Waals surface area (Å²) >= 11 is 11.8. The monoisotopic (exact) mass is 398 g/mol. The summed E-state index contributed by atoms with van der Waals surface area (Å²) in [4.78, 5) is 23.0. The maximum absolute atomic E-state index is 13.8. The third-order valence-corrected chi connectivity index (χ3v) is 3.79. The van der Waals surface area contributed by atoms with Gasteiger partial charge in [0, 0.05) is 24.1 Å². The fourth-order valence-electron chi connectivity index (χ4n) is 2.12. The molecule has 0 aromatic heterocycles. The molecule has 0 fully saturated rings. The van der Waals surface area contributed by atoms with Crippen molar-refractivity contribution in [2.24, 2.45) is 0 Å². The lowest BCUT2D eigenvalue weighted by molar-refractivity contribution is -0.116. The van der Waals surface area contributed by atoms with Crippen LogP contribution in [0.15, 0.2) is 36.4 Å². The molecule has 0 saturated carbocycles. The summed E-state index contributed by atoms with van der Waals surface area (Å²) in [6.45, 7) is 1.61. The van der Waals surface area contributed by atoms with E-state index in [1.807, 2.05) is 0 Å². The zero-order valence-electron chi connectivity index (χ0n) is 13.9. The van der Waals surface area contributed by atoms with Crippen LogP contribution >= 0.6 is 23.2 Å². The van der Waals surface area contributed by atoms with E-state index < -0.39 is 5.82 Å². The van der Waals surface area contributed by atoms with Gasteiger partial charge in [-0.25, -0.2) is 4.39 Å². The molecule has 0 aliphatic heterocycles. The highest BCUT2D eigenvalue weighted by Crippen LogP contribution is 2.27. The van der Waals surface area contributed by atoms with E-state index in [0.29, 0.717) is 27.9 Å². The van der Waals surface area contributed by atoms with Gasteiger partial charge < -0.3 is 15.4 Å². The van der Waals surface area contributed by atoms with Crippen molar-refractivity contribution in [2.45, 2.75) is 19.8 Å². The van der Waals surface area contributed by atoms with Gasteiger partial charge in [-0.1, -0.05) is 23.2 Å². The minimum atomic E-state index is -0.586. The molecule has 8 heteroatoms. The number of amides is 2. The molecule has 0 heterocycles. The lowest BCUT2D eigenvalue weighted by atomic mass is 10.2. The molecule has 0 bridgehead atoms. The normalized spacial score (nSPS) is 10.3. The van der Waals surface area contributed by atoms with Gasteiger partial charge in [-0.05, 0) is 42.8 Å². The lowest BCUT2D eigenvalue weighted by Crippen LogP contribution is -2.14. The quantitative estimate of drug-likeness (QED) is 0.652. The molecule has 0 atom stereocenters. The molecule has 0 unspecified atom stereocenters. The average Bonchev–Trinajstić information content (AvgIpc) is 2.56. The van der Waals surface area contributed by atoms with Crippen LogP contribution in [0, 0.1) is 5.82 Å². The van der Waals surface area contributed by atoms with E-state index in [0.717, 1.165) is 0 Å². The average molecular weight is 399 g/mol. The van der Waals surface area contributed by atoms with Crippen LogP contribution in [0.25, 0.3) is 0 Å². The van der Waals surface area contributed by atoms with Crippen molar-refractivity contribution >= 4 is 46.4 Å². The second kappa shape index (κ2) is 9.40. The van der Waals surface area contributed by atoms with Gasteiger partial charge in [-0.3, -0.25) is 9.59 Å². The third-order valence-electron chi connectivity index (χ3n) is 3.26. The zero-order valence-corrected chi connectivity index (χ0v) is 15.5. The molecule has 0 aliphatic rings. The molecule has 0 radical (unpaired) electrons. The number of hydrogen-bond donors (Lipinski definition) is 2. The minimum Gasteiger partial charge on any atom is -0.492 e. The summed E-state index contributed by atoms with van der Waals surface area (Å²) < 4.78 is 19.3. The van der Waals surface area contributed by atoms with Crippen LogP contribution in [0.1, 0.15) is 19.8 Å². The van der Waals surface area contributed by atoms with Gasteiger partial charge >= 0.3 is 0 Å². The van der Waals surface area contributed by atoms with Gasteiger partial charge in [0.2, 0.25) is 11.8 Å². The Morgan fingerprint density at radius 3 is 2.58 bits per heavy atom. The van der Waals surface area contributed by atoms with Crippen molar-refractivity contribution in [2.75, 3.05) is 17.2 Å². The van der Waals surface area contributed by atoms with E-state index in [1.54, 1.807) is 18.2 Å². The Hall–Kier alpha value is -2.31. The number of carbonyl (C=O) groups excluding carboxylic acids is 2. The Morgan fingerprint density at radius 1 is 1.12 bits per heavy atom. The SMILES string of the molecule is CC(=O)Nc1ccc(F)c(NC(=O)CCCOc2ccc(Cl)cc2Cl)c1. The fourth-order valence-corrected chi connectivity index (χ4v) is 2.58. The van der Waals surface area contributed by atoms with Gasteiger partial charge in [0.1, 0.15) is 11.6 Å². The third kappa shape index (κ3) is 6.20. The highest BCUT2D eigenvalue weighted by atomic mass is 35.5.